The average molecular weight is 413 g/mol. The molecule has 0 unspecified atom stereocenters. The van der Waals surface area contributed by atoms with Crippen molar-refractivity contribution in [2.75, 3.05) is 5.33 Å². The van der Waals surface area contributed by atoms with Crippen LogP contribution >= 0.6 is 38.6 Å². The lowest BCUT2D eigenvalue weighted by Gasteiger charge is -2.02. The molecule has 0 atom stereocenters. The molecule has 0 nitrogen and oxygen atoms in total. The van der Waals surface area contributed by atoms with E-state index in [1.807, 2.05) is 22.7 Å². The fourth-order valence-corrected chi connectivity index (χ4v) is 5.15. The van der Waals surface area contributed by atoms with Gasteiger partial charge in [-0.15, -0.1) is 22.7 Å². The second-order valence-electron chi connectivity index (χ2n) is 6.22. The van der Waals surface area contributed by atoms with Gasteiger partial charge in [0.1, 0.15) is 0 Å². The summed E-state index contributed by atoms with van der Waals surface area (Å²) >= 11 is 7.32. The molecule has 0 saturated heterocycles. The molecule has 0 aliphatic carbocycles. The van der Waals surface area contributed by atoms with E-state index in [1.165, 1.54) is 85.7 Å². The molecule has 0 amide bonds. The Morgan fingerprint density at radius 3 is 1.96 bits per heavy atom. The number of thiophene rings is 2. The minimum atomic E-state index is 1.17. The van der Waals surface area contributed by atoms with E-state index in [-0.39, 0.29) is 0 Å². The molecule has 2 heterocycles. The molecule has 0 fully saturated rings. The summed E-state index contributed by atoms with van der Waals surface area (Å²) in [5.74, 6) is 0. The quantitative estimate of drug-likeness (QED) is 0.229. The Morgan fingerprint density at radius 2 is 1.35 bits per heavy atom. The summed E-state index contributed by atoms with van der Waals surface area (Å²) in [6.45, 7) is 0. The summed E-state index contributed by atoms with van der Waals surface area (Å²) < 4.78 is 0. The third kappa shape index (κ3) is 8.00. The number of halogens is 1. The largest absolute Gasteiger partial charge is 0.143 e. The third-order valence-corrected chi connectivity index (χ3v) is 7.00. The van der Waals surface area contributed by atoms with Gasteiger partial charge in [-0.1, -0.05) is 73.4 Å². The SMILES string of the molecule is BrCCCCCCCCCCCCc1ccc(-c2cccs2)s1. The summed E-state index contributed by atoms with van der Waals surface area (Å²) in [6, 6.07) is 8.98. The van der Waals surface area contributed by atoms with Gasteiger partial charge in [0, 0.05) is 20.0 Å². The fourth-order valence-electron chi connectivity index (χ4n) is 2.87. The first-order chi connectivity index (χ1) is 11.4. The van der Waals surface area contributed by atoms with Crippen molar-refractivity contribution in [1.29, 1.82) is 0 Å². The van der Waals surface area contributed by atoms with Gasteiger partial charge in [-0.2, -0.15) is 0 Å². The van der Waals surface area contributed by atoms with E-state index in [1.54, 1.807) is 4.88 Å². The molecule has 0 aliphatic heterocycles. The molecule has 0 N–H and O–H groups in total. The maximum Gasteiger partial charge on any atom is 0.0445 e. The first kappa shape index (κ1) is 19.2. The first-order valence-corrected chi connectivity index (χ1v) is 11.9. The van der Waals surface area contributed by atoms with Crippen molar-refractivity contribution in [3.63, 3.8) is 0 Å². The van der Waals surface area contributed by atoms with Gasteiger partial charge in [-0.3, -0.25) is 0 Å². The summed E-state index contributed by atoms with van der Waals surface area (Å²) in [4.78, 5) is 4.41. The van der Waals surface area contributed by atoms with Crippen LogP contribution in [0.2, 0.25) is 0 Å². The van der Waals surface area contributed by atoms with Crippen LogP contribution in [0.15, 0.2) is 29.6 Å². The minimum absolute atomic E-state index is 1.17. The molecule has 3 heteroatoms. The lowest BCUT2D eigenvalue weighted by molar-refractivity contribution is 0.558. The molecule has 0 aliphatic rings. The highest BCUT2D eigenvalue weighted by Crippen LogP contribution is 2.32. The standard InChI is InChI=1S/C20H29BrS2/c21-16-10-8-6-4-2-1-3-5-7-9-12-18-14-15-20(23-18)19-13-11-17-22-19/h11,13-15,17H,1-10,12,16H2. The molecule has 2 aromatic rings. The molecule has 0 spiro atoms. The van der Waals surface area contributed by atoms with Gasteiger partial charge < -0.3 is 0 Å². The molecular formula is C20H29BrS2. The molecule has 128 valence electrons. The van der Waals surface area contributed by atoms with Crippen molar-refractivity contribution in [3.05, 3.63) is 34.5 Å². The molecule has 2 aromatic heterocycles. The molecule has 0 saturated carbocycles. The van der Waals surface area contributed by atoms with Gasteiger partial charge in [0.2, 0.25) is 0 Å². The van der Waals surface area contributed by atoms with Crippen molar-refractivity contribution in [3.8, 4) is 9.75 Å². The minimum Gasteiger partial charge on any atom is -0.143 e. The zero-order valence-electron chi connectivity index (χ0n) is 14.1. The van der Waals surface area contributed by atoms with E-state index in [9.17, 15) is 0 Å². The smallest absolute Gasteiger partial charge is 0.0445 e. The zero-order valence-corrected chi connectivity index (χ0v) is 17.3. The number of alkyl halides is 1. The van der Waals surface area contributed by atoms with Gasteiger partial charge in [-0.05, 0) is 42.8 Å². The average Bonchev–Trinajstić information content (AvgIpc) is 3.23. The predicted molar refractivity (Wildman–Crippen MR) is 111 cm³/mol. The Hall–Kier alpha value is -0.120. The van der Waals surface area contributed by atoms with Crippen LogP contribution in [-0.2, 0) is 6.42 Å². The van der Waals surface area contributed by atoms with Crippen LogP contribution in [0.25, 0.3) is 9.75 Å². The van der Waals surface area contributed by atoms with E-state index >= 15 is 0 Å². The van der Waals surface area contributed by atoms with Gasteiger partial charge in [0.15, 0.2) is 0 Å². The van der Waals surface area contributed by atoms with E-state index in [4.69, 9.17) is 0 Å². The summed E-state index contributed by atoms with van der Waals surface area (Å²) in [7, 11) is 0. The summed E-state index contributed by atoms with van der Waals surface area (Å²) in [6.07, 6.45) is 15.4. The van der Waals surface area contributed by atoms with Crippen LogP contribution in [-0.4, -0.2) is 5.33 Å². The van der Waals surface area contributed by atoms with Gasteiger partial charge in [0.05, 0.1) is 0 Å². The molecular weight excluding hydrogens is 384 g/mol. The van der Waals surface area contributed by atoms with Crippen LogP contribution in [0.4, 0.5) is 0 Å². The Bertz CT molecular complexity index is 501. The third-order valence-electron chi connectivity index (χ3n) is 4.23. The topological polar surface area (TPSA) is 0 Å². The highest BCUT2D eigenvalue weighted by Gasteiger charge is 2.03. The summed E-state index contributed by atoms with van der Waals surface area (Å²) in [5, 5.41) is 3.34. The first-order valence-electron chi connectivity index (χ1n) is 9.08. The highest BCUT2D eigenvalue weighted by atomic mass is 79.9. The number of hydrogen-bond donors (Lipinski definition) is 0. The van der Waals surface area contributed by atoms with E-state index < -0.39 is 0 Å². The number of hydrogen-bond acceptors (Lipinski definition) is 2. The maximum atomic E-state index is 3.50. The molecule has 0 bridgehead atoms. The Kier molecular flexibility index (Phi) is 10.2. The van der Waals surface area contributed by atoms with Gasteiger partial charge in [-0.25, -0.2) is 0 Å². The van der Waals surface area contributed by atoms with Crippen LogP contribution in [0.1, 0.15) is 69.1 Å². The predicted octanol–water partition coefficient (Wildman–Crippen LogP) is 8.32. The molecule has 0 radical (unpaired) electrons. The Labute approximate surface area is 158 Å². The number of aryl methyl sites for hydroxylation is 1. The normalized spacial score (nSPS) is 11.2. The molecule has 2 rings (SSSR count). The second-order valence-corrected chi connectivity index (χ2v) is 9.13. The maximum absolute atomic E-state index is 3.50. The van der Waals surface area contributed by atoms with Crippen molar-refractivity contribution < 1.29 is 0 Å². The van der Waals surface area contributed by atoms with Crippen LogP contribution in [0.3, 0.4) is 0 Å². The number of rotatable bonds is 13. The highest BCUT2D eigenvalue weighted by molar-refractivity contribution is 9.09. The number of unbranched alkanes of at least 4 members (excludes halogenated alkanes) is 9. The van der Waals surface area contributed by atoms with Crippen LogP contribution in [0, 0.1) is 0 Å². The molecule has 23 heavy (non-hydrogen) atoms. The van der Waals surface area contributed by atoms with E-state index in [2.05, 4.69) is 45.6 Å². The van der Waals surface area contributed by atoms with Crippen molar-refractivity contribution in [2.24, 2.45) is 0 Å². The fraction of sp³-hybridized carbons (Fsp3) is 0.600. The van der Waals surface area contributed by atoms with E-state index in [0.717, 1.165) is 0 Å². The zero-order chi connectivity index (χ0) is 16.2. The lowest BCUT2D eigenvalue weighted by atomic mass is 10.1. The van der Waals surface area contributed by atoms with Crippen molar-refractivity contribution in [2.45, 2.75) is 70.6 Å². The van der Waals surface area contributed by atoms with E-state index in [0.29, 0.717) is 0 Å². The second kappa shape index (κ2) is 12.3. The van der Waals surface area contributed by atoms with Crippen LogP contribution < -0.4 is 0 Å². The van der Waals surface area contributed by atoms with Gasteiger partial charge in [0.25, 0.3) is 0 Å². The van der Waals surface area contributed by atoms with Gasteiger partial charge >= 0.3 is 0 Å². The lowest BCUT2D eigenvalue weighted by Crippen LogP contribution is -1.84. The summed E-state index contributed by atoms with van der Waals surface area (Å²) in [5.41, 5.74) is 0. The van der Waals surface area contributed by atoms with Crippen molar-refractivity contribution >= 4 is 38.6 Å². The Morgan fingerprint density at radius 1 is 0.696 bits per heavy atom. The van der Waals surface area contributed by atoms with Crippen molar-refractivity contribution in [1.82, 2.24) is 0 Å². The van der Waals surface area contributed by atoms with Crippen LogP contribution in [0.5, 0.6) is 0 Å². The monoisotopic (exact) mass is 412 g/mol. The molecule has 0 aromatic carbocycles. The Balaban J connectivity index is 1.45.